The molecule has 4 nitrogen and oxygen atoms in total. The molecule has 1 heterocycles. The molecule has 0 unspecified atom stereocenters. The average Bonchev–Trinajstić information content (AvgIpc) is 2.68. The van der Waals surface area contributed by atoms with E-state index < -0.39 is 10.0 Å². The number of hydrogen-bond acceptors (Lipinski definition) is 4. The lowest BCUT2D eigenvalue weighted by atomic mass is 10.2. The molecule has 26 heavy (non-hydrogen) atoms. The molecule has 6 heteroatoms. The number of aryl methyl sites for hydroxylation is 1. The molecule has 0 fully saturated rings. The Bertz CT molecular complexity index is 939. The molecule has 0 spiro atoms. The van der Waals surface area contributed by atoms with Gasteiger partial charge in [-0.15, -0.1) is 11.8 Å². The van der Waals surface area contributed by atoms with Crippen LogP contribution in [0, 0.1) is 0 Å². The van der Waals surface area contributed by atoms with Gasteiger partial charge in [0.05, 0.1) is 4.90 Å². The van der Waals surface area contributed by atoms with Gasteiger partial charge in [0.1, 0.15) is 0 Å². The average molecular weight is 385 g/mol. The van der Waals surface area contributed by atoms with E-state index in [0.717, 1.165) is 28.2 Å². The van der Waals surface area contributed by atoms with Gasteiger partial charge in [-0.3, -0.25) is 9.71 Å². The summed E-state index contributed by atoms with van der Waals surface area (Å²) in [5.41, 5.74) is 2.81. The Balaban J connectivity index is 1.64. The minimum Gasteiger partial charge on any atom is -0.280 e. The number of aromatic nitrogens is 1. The quantitative estimate of drug-likeness (QED) is 0.598. The van der Waals surface area contributed by atoms with E-state index >= 15 is 0 Å². The van der Waals surface area contributed by atoms with Crippen LogP contribution in [0.5, 0.6) is 0 Å². The Labute approximate surface area is 158 Å². The third kappa shape index (κ3) is 4.86. The normalized spacial score (nSPS) is 11.3. The number of thioether (sulfide) groups is 1. The molecule has 3 aromatic rings. The Kier molecular flexibility index (Phi) is 5.96. The lowest BCUT2D eigenvalue weighted by molar-refractivity contribution is 0.601. The topological polar surface area (TPSA) is 59.1 Å². The monoisotopic (exact) mass is 384 g/mol. The minimum atomic E-state index is -3.57. The van der Waals surface area contributed by atoms with Gasteiger partial charge in [-0.1, -0.05) is 25.1 Å². The Morgan fingerprint density at radius 1 is 0.962 bits per heavy atom. The van der Waals surface area contributed by atoms with Gasteiger partial charge < -0.3 is 0 Å². The summed E-state index contributed by atoms with van der Waals surface area (Å²) in [4.78, 5) is 5.44. The highest BCUT2D eigenvalue weighted by Gasteiger charge is 2.13. The number of hydrogen-bond donors (Lipinski definition) is 1. The Hall–Kier alpha value is -2.31. The second-order valence-corrected chi connectivity index (χ2v) is 8.51. The summed E-state index contributed by atoms with van der Waals surface area (Å²) in [7, 11) is -3.57. The van der Waals surface area contributed by atoms with E-state index in [2.05, 4.69) is 9.71 Å². The molecule has 0 aliphatic rings. The van der Waals surface area contributed by atoms with Crippen molar-refractivity contribution in [3.63, 3.8) is 0 Å². The standard InChI is InChI=1S/C20H20N2O2S2/c1-2-16-5-11-20(12-6-16)26(23,24)22-18-7-9-19(10-8-18)25-15-17-4-3-13-21-14-17/h3-14,22H,2,15H2,1H3. The zero-order valence-corrected chi connectivity index (χ0v) is 16.1. The minimum absolute atomic E-state index is 0.268. The second-order valence-electron chi connectivity index (χ2n) is 5.78. The van der Waals surface area contributed by atoms with Gasteiger partial charge in [0.25, 0.3) is 10.0 Å². The molecule has 3 rings (SSSR count). The number of rotatable bonds is 7. The van der Waals surface area contributed by atoms with Crippen LogP contribution in [-0.2, 0) is 22.2 Å². The van der Waals surface area contributed by atoms with E-state index in [0.29, 0.717) is 5.69 Å². The molecule has 134 valence electrons. The molecule has 0 saturated heterocycles. The van der Waals surface area contributed by atoms with E-state index in [9.17, 15) is 8.42 Å². The number of anilines is 1. The van der Waals surface area contributed by atoms with Gasteiger partial charge in [-0.25, -0.2) is 8.42 Å². The highest BCUT2D eigenvalue weighted by atomic mass is 32.2. The molecule has 0 bridgehead atoms. The number of benzene rings is 2. The summed E-state index contributed by atoms with van der Waals surface area (Å²) < 4.78 is 27.6. The van der Waals surface area contributed by atoms with Gasteiger partial charge in [0.2, 0.25) is 0 Å². The first-order valence-electron chi connectivity index (χ1n) is 8.30. The summed E-state index contributed by atoms with van der Waals surface area (Å²) in [6.07, 6.45) is 4.48. The number of sulfonamides is 1. The Morgan fingerprint density at radius 2 is 1.69 bits per heavy atom. The van der Waals surface area contributed by atoms with Crippen molar-refractivity contribution in [2.24, 2.45) is 0 Å². The van der Waals surface area contributed by atoms with Gasteiger partial charge in [-0.2, -0.15) is 0 Å². The lowest BCUT2D eigenvalue weighted by Crippen LogP contribution is -2.12. The predicted octanol–water partition coefficient (Wildman–Crippen LogP) is 4.74. The van der Waals surface area contributed by atoms with Crippen LogP contribution < -0.4 is 4.72 Å². The van der Waals surface area contributed by atoms with Crippen LogP contribution in [0.25, 0.3) is 0 Å². The Morgan fingerprint density at radius 3 is 2.31 bits per heavy atom. The van der Waals surface area contributed by atoms with E-state index in [4.69, 9.17) is 0 Å². The molecule has 0 amide bonds. The van der Waals surface area contributed by atoms with E-state index in [1.165, 1.54) is 0 Å². The molecule has 1 N–H and O–H groups in total. The lowest BCUT2D eigenvalue weighted by Gasteiger charge is -2.09. The molecule has 0 aliphatic heterocycles. The molecular weight excluding hydrogens is 364 g/mol. The zero-order chi connectivity index (χ0) is 18.4. The summed E-state index contributed by atoms with van der Waals surface area (Å²) in [6, 6.07) is 18.3. The van der Waals surface area contributed by atoms with Gasteiger partial charge in [-0.05, 0) is 60.0 Å². The van der Waals surface area contributed by atoms with E-state index in [-0.39, 0.29) is 4.90 Å². The SMILES string of the molecule is CCc1ccc(S(=O)(=O)Nc2ccc(SCc3cccnc3)cc2)cc1. The molecule has 0 saturated carbocycles. The first-order chi connectivity index (χ1) is 12.6. The van der Waals surface area contributed by atoms with Crippen LogP contribution in [0.2, 0.25) is 0 Å². The molecule has 0 radical (unpaired) electrons. The first-order valence-corrected chi connectivity index (χ1v) is 10.8. The van der Waals surface area contributed by atoms with Crippen LogP contribution in [0.1, 0.15) is 18.1 Å². The zero-order valence-electron chi connectivity index (χ0n) is 14.4. The largest absolute Gasteiger partial charge is 0.280 e. The van der Waals surface area contributed by atoms with Crippen molar-refractivity contribution in [2.75, 3.05) is 4.72 Å². The first kappa shape index (κ1) is 18.5. The molecule has 1 aromatic heterocycles. The molecular formula is C20H20N2O2S2. The molecule has 0 atom stereocenters. The van der Waals surface area contributed by atoms with Crippen LogP contribution in [0.15, 0.2) is 82.8 Å². The van der Waals surface area contributed by atoms with Crippen LogP contribution >= 0.6 is 11.8 Å². The summed E-state index contributed by atoms with van der Waals surface area (Å²) in [5.74, 6) is 0.822. The maximum absolute atomic E-state index is 12.5. The fourth-order valence-corrected chi connectivity index (χ4v) is 4.28. The molecule has 2 aromatic carbocycles. The number of nitrogens with one attached hydrogen (secondary N) is 1. The molecule has 0 aliphatic carbocycles. The van der Waals surface area contributed by atoms with Crippen molar-refractivity contribution in [1.82, 2.24) is 4.98 Å². The van der Waals surface area contributed by atoms with Crippen molar-refractivity contribution in [1.29, 1.82) is 0 Å². The van der Waals surface area contributed by atoms with Gasteiger partial charge >= 0.3 is 0 Å². The van der Waals surface area contributed by atoms with Gasteiger partial charge in [0, 0.05) is 28.7 Å². The van der Waals surface area contributed by atoms with Crippen molar-refractivity contribution in [2.45, 2.75) is 28.9 Å². The summed E-state index contributed by atoms with van der Waals surface area (Å²) >= 11 is 1.68. The fraction of sp³-hybridized carbons (Fsp3) is 0.150. The number of pyridine rings is 1. The van der Waals surface area contributed by atoms with Crippen molar-refractivity contribution < 1.29 is 8.42 Å². The number of nitrogens with zero attached hydrogens (tertiary/aromatic N) is 1. The van der Waals surface area contributed by atoms with E-state index in [1.807, 2.05) is 49.5 Å². The van der Waals surface area contributed by atoms with Gasteiger partial charge in [0.15, 0.2) is 0 Å². The van der Waals surface area contributed by atoms with Crippen molar-refractivity contribution in [3.05, 3.63) is 84.2 Å². The summed E-state index contributed by atoms with van der Waals surface area (Å²) in [5, 5.41) is 0. The fourth-order valence-electron chi connectivity index (χ4n) is 2.39. The maximum Gasteiger partial charge on any atom is 0.261 e. The van der Waals surface area contributed by atoms with Crippen LogP contribution in [-0.4, -0.2) is 13.4 Å². The van der Waals surface area contributed by atoms with Crippen LogP contribution in [0.3, 0.4) is 0 Å². The van der Waals surface area contributed by atoms with Crippen molar-refractivity contribution >= 4 is 27.5 Å². The van der Waals surface area contributed by atoms with Crippen molar-refractivity contribution in [3.8, 4) is 0 Å². The third-order valence-corrected chi connectivity index (χ3v) is 6.36. The highest BCUT2D eigenvalue weighted by molar-refractivity contribution is 7.98. The third-order valence-electron chi connectivity index (χ3n) is 3.88. The smallest absolute Gasteiger partial charge is 0.261 e. The highest BCUT2D eigenvalue weighted by Crippen LogP contribution is 2.25. The summed E-state index contributed by atoms with van der Waals surface area (Å²) in [6.45, 7) is 2.04. The second kappa shape index (κ2) is 8.38. The predicted molar refractivity (Wildman–Crippen MR) is 107 cm³/mol. The van der Waals surface area contributed by atoms with Crippen LogP contribution in [0.4, 0.5) is 5.69 Å². The van der Waals surface area contributed by atoms with E-state index in [1.54, 1.807) is 42.2 Å². The maximum atomic E-state index is 12.5.